The van der Waals surface area contributed by atoms with Crippen molar-refractivity contribution in [2.75, 3.05) is 43.6 Å². The van der Waals surface area contributed by atoms with E-state index in [0.717, 1.165) is 12.2 Å². The van der Waals surface area contributed by atoms with E-state index in [2.05, 4.69) is 5.32 Å². The van der Waals surface area contributed by atoms with E-state index in [4.69, 9.17) is 16.3 Å². The molecule has 0 aromatic heterocycles. The van der Waals surface area contributed by atoms with E-state index in [0.29, 0.717) is 43.4 Å². The van der Waals surface area contributed by atoms with Gasteiger partial charge < -0.3 is 10.1 Å². The van der Waals surface area contributed by atoms with E-state index < -0.39 is 10.0 Å². The number of ether oxygens (including phenoxy) is 1. The summed E-state index contributed by atoms with van der Waals surface area (Å²) in [5.41, 5.74) is 0.320. The van der Waals surface area contributed by atoms with Gasteiger partial charge >= 0.3 is 0 Å². The van der Waals surface area contributed by atoms with Gasteiger partial charge in [-0.1, -0.05) is 11.6 Å². The summed E-state index contributed by atoms with van der Waals surface area (Å²) in [5.74, 6) is 0.721. The van der Waals surface area contributed by atoms with Crippen LogP contribution >= 0.6 is 23.4 Å². The number of rotatable bonds is 7. The Hall–Kier alpha value is -0.800. The molecule has 0 bridgehead atoms. The quantitative estimate of drug-likeness (QED) is 0.721. The molecule has 1 amide bonds. The lowest BCUT2D eigenvalue weighted by Gasteiger charge is -2.26. The van der Waals surface area contributed by atoms with E-state index >= 15 is 0 Å². The van der Waals surface area contributed by atoms with Crippen LogP contribution in [0.3, 0.4) is 0 Å². The predicted molar refractivity (Wildman–Crippen MR) is 97.3 cm³/mol. The maximum Gasteiger partial charge on any atom is 0.243 e. The van der Waals surface area contributed by atoms with Crippen LogP contribution in [-0.2, 0) is 19.6 Å². The van der Waals surface area contributed by atoms with Gasteiger partial charge in [-0.2, -0.15) is 16.1 Å². The molecule has 2 rings (SSSR count). The number of hydrogen-bond donors (Lipinski definition) is 1. The van der Waals surface area contributed by atoms with Gasteiger partial charge in [-0.15, -0.1) is 0 Å². The lowest BCUT2D eigenvalue weighted by atomic mass is 10.3. The summed E-state index contributed by atoms with van der Waals surface area (Å²) in [6.45, 7) is 1.40. The van der Waals surface area contributed by atoms with Crippen molar-refractivity contribution in [3.05, 3.63) is 23.2 Å². The van der Waals surface area contributed by atoms with Crippen LogP contribution in [-0.4, -0.2) is 56.9 Å². The van der Waals surface area contributed by atoms with Crippen molar-refractivity contribution in [2.24, 2.45) is 0 Å². The van der Waals surface area contributed by atoms with E-state index in [1.807, 2.05) is 6.26 Å². The Bertz CT molecular complexity index is 676. The van der Waals surface area contributed by atoms with Crippen LogP contribution in [0.5, 0.6) is 0 Å². The van der Waals surface area contributed by atoms with Crippen molar-refractivity contribution in [3.63, 3.8) is 0 Å². The number of amides is 1. The van der Waals surface area contributed by atoms with Crippen LogP contribution in [0.4, 0.5) is 5.69 Å². The fourth-order valence-corrected chi connectivity index (χ4v) is 4.32. The SMILES string of the molecule is CSCCCC(=O)Nc1cc(S(=O)(=O)N2CCOCC2)ccc1Cl. The van der Waals surface area contributed by atoms with Gasteiger partial charge in [0.1, 0.15) is 0 Å². The molecule has 0 spiro atoms. The first-order valence-electron chi connectivity index (χ1n) is 7.61. The van der Waals surface area contributed by atoms with Crippen LogP contribution in [0.15, 0.2) is 23.1 Å². The Labute approximate surface area is 151 Å². The molecule has 1 aromatic carbocycles. The van der Waals surface area contributed by atoms with Crippen LogP contribution < -0.4 is 5.32 Å². The molecule has 1 saturated heterocycles. The summed E-state index contributed by atoms with van der Waals surface area (Å²) in [5, 5.41) is 3.01. The second-order valence-corrected chi connectivity index (χ2v) is 8.63. The molecular weight excluding hydrogens is 372 g/mol. The molecule has 1 fully saturated rings. The zero-order chi connectivity index (χ0) is 17.6. The number of thioether (sulfide) groups is 1. The molecule has 1 N–H and O–H groups in total. The third-order valence-corrected chi connectivity index (χ3v) is 6.49. The fourth-order valence-electron chi connectivity index (χ4n) is 2.29. The first-order chi connectivity index (χ1) is 11.4. The van der Waals surface area contributed by atoms with Gasteiger partial charge in [0.25, 0.3) is 0 Å². The second-order valence-electron chi connectivity index (χ2n) is 5.30. The Morgan fingerprint density at radius 1 is 1.38 bits per heavy atom. The summed E-state index contributed by atoms with van der Waals surface area (Å²) in [7, 11) is -3.62. The Kier molecular flexibility index (Phi) is 7.36. The number of morpholine rings is 1. The van der Waals surface area contributed by atoms with Crippen molar-refractivity contribution >= 4 is 45.0 Å². The number of halogens is 1. The average Bonchev–Trinajstić information content (AvgIpc) is 2.58. The minimum absolute atomic E-state index is 0.119. The standard InChI is InChI=1S/C15H21ClN2O4S2/c1-23-10-2-3-15(19)17-14-11-12(4-5-13(14)16)24(20,21)18-6-8-22-9-7-18/h4-5,11H,2-3,6-10H2,1H3,(H,17,19). The van der Waals surface area contributed by atoms with Gasteiger partial charge in [-0.3, -0.25) is 4.79 Å². The van der Waals surface area contributed by atoms with Crippen LogP contribution in [0.1, 0.15) is 12.8 Å². The smallest absolute Gasteiger partial charge is 0.243 e. The summed E-state index contributed by atoms with van der Waals surface area (Å²) >= 11 is 7.76. The Morgan fingerprint density at radius 2 is 2.08 bits per heavy atom. The number of nitrogens with one attached hydrogen (secondary N) is 1. The number of hydrogen-bond acceptors (Lipinski definition) is 5. The van der Waals surface area contributed by atoms with Crippen LogP contribution in [0.25, 0.3) is 0 Å². The summed E-state index contributed by atoms with van der Waals surface area (Å²) in [4.78, 5) is 12.1. The molecule has 1 aliphatic heterocycles. The Morgan fingerprint density at radius 3 is 2.75 bits per heavy atom. The maximum absolute atomic E-state index is 12.7. The van der Waals surface area contributed by atoms with Gasteiger partial charge in [-0.25, -0.2) is 8.42 Å². The largest absolute Gasteiger partial charge is 0.379 e. The van der Waals surface area contributed by atoms with Crippen molar-refractivity contribution in [1.82, 2.24) is 4.31 Å². The van der Waals surface area contributed by atoms with E-state index in [1.54, 1.807) is 11.8 Å². The minimum Gasteiger partial charge on any atom is -0.379 e. The summed E-state index contributed by atoms with van der Waals surface area (Å²) in [6, 6.07) is 4.36. The molecule has 0 saturated carbocycles. The number of nitrogens with zero attached hydrogens (tertiary/aromatic N) is 1. The highest BCUT2D eigenvalue weighted by molar-refractivity contribution is 7.98. The third kappa shape index (κ3) is 5.10. The molecule has 6 nitrogen and oxygen atoms in total. The highest BCUT2D eigenvalue weighted by Crippen LogP contribution is 2.27. The molecule has 0 radical (unpaired) electrons. The lowest BCUT2D eigenvalue weighted by Crippen LogP contribution is -2.40. The third-order valence-electron chi connectivity index (χ3n) is 3.57. The molecule has 1 aliphatic rings. The van der Waals surface area contributed by atoms with Crippen LogP contribution in [0.2, 0.25) is 5.02 Å². The zero-order valence-electron chi connectivity index (χ0n) is 13.5. The number of anilines is 1. The van der Waals surface area contributed by atoms with E-state index in [-0.39, 0.29) is 10.8 Å². The monoisotopic (exact) mass is 392 g/mol. The molecule has 134 valence electrons. The summed E-state index contributed by atoms with van der Waals surface area (Å²) < 4.78 is 31.9. The van der Waals surface area contributed by atoms with Crippen LogP contribution in [0, 0.1) is 0 Å². The first kappa shape index (κ1) is 19.5. The molecule has 0 atom stereocenters. The zero-order valence-corrected chi connectivity index (χ0v) is 15.8. The predicted octanol–water partition coefficient (Wildman–Crippen LogP) is 2.44. The number of carbonyl (C=O) groups is 1. The molecular formula is C15H21ClN2O4S2. The minimum atomic E-state index is -3.62. The molecule has 1 heterocycles. The maximum atomic E-state index is 12.7. The van der Waals surface area contributed by atoms with Crippen molar-refractivity contribution in [1.29, 1.82) is 0 Å². The number of carbonyl (C=O) groups excluding carboxylic acids is 1. The van der Waals surface area contributed by atoms with Crippen molar-refractivity contribution in [2.45, 2.75) is 17.7 Å². The molecule has 9 heteroatoms. The van der Waals surface area contributed by atoms with Gasteiger partial charge in [0.05, 0.1) is 28.8 Å². The van der Waals surface area contributed by atoms with E-state index in [1.165, 1.54) is 22.5 Å². The normalized spacial score (nSPS) is 16.1. The Balaban J connectivity index is 2.14. The molecule has 0 aliphatic carbocycles. The summed E-state index contributed by atoms with van der Waals surface area (Å²) in [6.07, 6.45) is 3.11. The van der Waals surface area contributed by atoms with Crippen molar-refractivity contribution < 1.29 is 17.9 Å². The molecule has 24 heavy (non-hydrogen) atoms. The highest BCUT2D eigenvalue weighted by Gasteiger charge is 2.27. The van der Waals surface area contributed by atoms with Gasteiger partial charge in [-0.05, 0) is 36.6 Å². The topological polar surface area (TPSA) is 75.7 Å². The fraction of sp³-hybridized carbons (Fsp3) is 0.533. The number of sulfonamides is 1. The van der Waals surface area contributed by atoms with Crippen molar-refractivity contribution in [3.8, 4) is 0 Å². The molecule has 1 aromatic rings. The molecule has 0 unspecified atom stereocenters. The number of benzene rings is 1. The van der Waals surface area contributed by atoms with Gasteiger partial charge in [0.2, 0.25) is 15.9 Å². The average molecular weight is 393 g/mol. The lowest BCUT2D eigenvalue weighted by molar-refractivity contribution is -0.116. The van der Waals surface area contributed by atoms with E-state index in [9.17, 15) is 13.2 Å². The first-order valence-corrected chi connectivity index (χ1v) is 10.8. The van der Waals surface area contributed by atoms with Gasteiger partial charge in [0.15, 0.2) is 0 Å². The van der Waals surface area contributed by atoms with Gasteiger partial charge in [0, 0.05) is 19.5 Å². The second kappa shape index (κ2) is 9.05. The highest BCUT2D eigenvalue weighted by atomic mass is 35.5.